The highest BCUT2D eigenvalue weighted by molar-refractivity contribution is 9.10. The maximum atomic E-state index is 12.4. The minimum atomic E-state index is -3.76. The second kappa shape index (κ2) is 7.79. The van der Waals surface area contributed by atoms with Crippen LogP contribution in [-0.4, -0.2) is 52.2 Å². The average molecular weight is 432 g/mol. The van der Waals surface area contributed by atoms with Crippen LogP contribution < -0.4 is 4.72 Å². The third-order valence-electron chi connectivity index (χ3n) is 3.47. The molecule has 1 saturated heterocycles. The average Bonchev–Trinajstić information content (AvgIpc) is 2.44. The maximum absolute atomic E-state index is 12.4. The molecular formula is C13H17BrCl2N2O3S. The molecular weight excluding hydrogens is 415 g/mol. The van der Waals surface area contributed by atoms with Gasteiger partial charge in [0.1, 0.15) is 4.90 Å². The van der Waals surface area contributed by atoms with Crippen molar-refractivity contribution in [1.82, 2.24) is 9.62 Å². The van der Waals surface area contributed by atoms with Crippen molar-refractivity contribution in [2.24, 2.45) is 0 Å². The van der Waals surface area contributed by atoms with E-state index in [0.717, 1.165) is 13.1 Å². The van der Waals surface area contributed by atoms with Gasteiger partial charge in [0.15, 0.2) is 0 Å². The summed E-state index contributed by atoms with van der Waals surface area (Å²) in [5.41, 5.74) is 0. The standard InChI is InChI=1S/C13H17BrCl2N2O3S/c1-9(18-2-4-21-5-3-18)8-17-22(19,20)13-11(15)6-10(14)7-12(13)16/h6-7,9,17H,2-5,8H2,1H3. The number of ether oxygens (including phenoxy) is 1. The summed E-state index contributed by atoms with van der Waals surface area (Å²) in [6.07, 6.45) is 0. The predicted molar refractivity (Wildman–Crippen MR) is 91.2 cm³/mol. The van der Waals surface area contributed by atoms with E-state index >= 15 is 0 Å². The Hall–Kier alpha value is 0.110. The Morgan fingerprint density at radius 1 is 1.32 bits per heavy atom. The lowest BCUT2D eigenvalue weighted by molar-refractivity contribution is 0.0213. The molecule has 1 aromatic carbocycles. The summed E-state index contributed by atoms with van der Waals surface area (Å²) in [6, 6.07) is 3.08. The van der Waals surface area contributed by atoms with Crippen LogP contribution in [0.25, 0.3) is 0 Å². The van der Waals surface area contributed by atoms with Crippen LogP contribution in [0.15, 0.2) is 21.5 Å². The van der Waals surface area contributed by atoms with Gasteiger partial charge < -0.3 is 4.74 Å². The number of morpholine rings is 1. The summed E-state index contributed by atoms with van der Waals surface area (Å²) in [5.74, 6) is 0. The fourth-order valence-electron chi connectivity index (χ4n) is 2.24. The van der Waals surface area contributed by atoms with Crippen LogP contribution in [0.4, 0.5) is 0 Å². The Kier molecular flexibility index (Phi) is 6.53. The second-order valence-electron chi connectivity index (χ2n) is 5.05. The minimum Gasteiger partial charge on any atom is -0.379 e. The number of hydrogen-bond donors (Lipinski definition) is 1. The quantitative estimate of drug-likeness (QED) is 0.778. The van der Waals surface area contributed by atoms with Crippen LogP contribution in [-0.2, 0) is 14.8 Å². The molecule has 0 aliphatic carbocycles. The SMILES string of the molecule is CC(CNS(=O)(=O)c1c(Cl)cc(Br)cc1Cl)N1CCOCC1. The van der Waals surface area contributed by atoms with Gasteiger partial charge in [0, 0.05) is 30.1 Å². The molecule has 1 aromatic rings. The Morgan fingerprint density at radius 3 is 2.41 bits per heavy atom. The molecule has 22 heavy (non-hydrogen) atoms. The molecule has 9 heteroatoms. The summed E-state index contributed by atoms with van der Waals surface area (Å²) < 4.78 is 33.4. The van der Waals surface area contributed by atoms with E-state index in [1.165, 1.54) is 12.1 Å². The van der Waals surface area contributed by atoms with Crippen molar-refractivity contribution in [2.75, 3.05) is 32.8 Å². The molecule has 0 saturated carbocycles. The van der Waals surface area contributed by atoms with E-state index < -0.39 is 10.0 Å². The molecule has 1 heterocycles. The topological polar surface area (TPSA) is 58.6 Å². The predicted octanol–water partition coefficient (Wildman–Crippen LogP) is 2.75. The molecule has 0 amide bonds. The Labute approximate surface area is 149 Å². The summed E-state index contributed by atoms with van der Waals surface area (Å²) in [5, 5.41) is 0.178. The zero-order chi connectivity index (χ0) is 16.3. The number of benzene rings is 1. The highest BCUT2D eigenvalue weighted by Gasteiger charge is 2.24. The van der Waals surface area contributed by atoms with Gasteiger partial charge in [0.25, 0.3) is 0 Å². The van der Waals surface area contributed by atoms with Gasteiger partial charge in [-0.05, 0) is 19.1 Å². The number of hydrogen-bond acceptors (Lipinski definition) is 4. The van der Waals surface area contributed by atoms with Crippen LogP contribution in [0.1, 0.15) is 6.92 Å². The Balaban J connectivity index is 2.08. The van der Waals surface area contributed by atoms with Gasteiger partial charge in [-0.1, -0.05) is 39.1 Å². The molecule has 0 bridgehead atoms. The lowest BCUT2D eigenvalue weighted by atomic mass is 10.2. The van der Waals surface area contributed by atoms with Crippen LogP contribution in [0, 0.1) is 0 Å². The van der Waals surface area contributed by atoms with Crippen molar-refractivity contribution in [2.45, 2.75) is 17.9 Å². The van der Waals surface area contributed by atoms with Crippen LogP contribution in [0.3, 0.4) is 0 Å². The first-order chi connectivity index (χ1) is 10.3. The fourth-order valence-corrected chi connectivity index (χ4v) is 5.29. The molecule has 0 aromatic heterocycles. The Bertz CT molecular complexity index is 613. The van der Waals surface area contributed by atoms with Crippen LogP contribution in [0.5, 0.6) is 0 Å². The summed E-state index contributed by atoms with van der Waals surface area (Å²) in [4.78, 5) is 2.09. The van der Waals surface area contributed by atoms with Crippen molar-refractivity contribution < 1.29 is 13.2 Å². The van der Waals surface area contributed by atoms with E-state index in [-0.39, 0.29) is 27.5 Å². The monoisotopic (exact) mass is 430 g/mol. The van der Waals surface area contributed by atoms with Gasteiger partial charge in [-0.25, -0.2) is 13.1 Å². The summed E-state index contributed by atoms with van der Waals surface area (Å²) in [7, 11) is -3.76. The van der Waals surface area contributed by atoms with Crippen molar-refractivity contribution in [1.29, 1.82) is 0 Å². The number of halogens is 3. The van der Waals surface area contributed by atoms with Crippen molar-refractivity contribution >= 4 is 49.2 Å². The van der Waals surface area contributed by atoms with Crippen LogP contribution >= 0.6 is 39.1 Å². The lowest BCUT2D eigenvalue weighted by Crippen LogP contribution is -2.47. The molecule has 124 valence electrons. The van der Waals surface area contributed by atoms with Gasteiger partial charge in [-0.15, -0.1) is 0 Å². The molecule has 0 radical (unpaired) electrons. The smallest absolute Gasteiger partial charge is 0.243 e. The molecule has 1 aliphatic heterocycles. The molecule has 5 nitrogen and oxygen atoms in total. The molecule has 1 fully saturated rings. The zero-order valence-electron chi connectivity index (χ0n) is 12.0. The fraction of sp³-hybridized carbons (Fsp3) is 0.538. The summed E-state index contributed by atoms with van der Waals surface area (Å²) in [6.45, 7) is 5.18. The van der Waals surface area contributed by atoms with E-state index in [1.54, 1.807) is 0 Å². The van der Waals surface area contributed by atoms with Crippen molar-refractivity contribution in [3.8, 4) is 0 Å². The molecule has 1 unspecified atom stereocenters. The third-order valence-corrected chi connectivity index (χ3v) is 6.27. The largest absolute Gasteiger partial charge is 0.379 e. The highest BCUT2D eigenvalue weighted by Crippen LogP contribution is 2.32. The summed E-state index contributed by atoms with van der Waals surface area (Å²) >= 11 is 15.3. The molecule has 1 aliphatic rings. The maximum Gasteiger partial charge on any atom is 0.243 e. The van der Waals surface area contributed by atoms with E-state index in [4.69, 9.17) is 27.9 Å². The molecule has 1 atom stereocenters. The molecule has 1 N–H and O–H groups in total. The van der Waals surface area contributed by atoms with E-state index in [0.29, 0.717) is 17.7 Å². The van der Waals surface area contributed by atoms with E-state index in [1.807, 2.05) is 6.92 Å². The lowest BCUT2D eigenvalue weighted by Gasteiger charge is -2.32. The second-order valence-corrected chi connectivity index (χ2v) is 8.48. The van der Waals surface area contributed by atoms with Gasteiger partial charge in [-0.2, -0.15) is 0 Å². The van der Waals surface area contributed by atoms with E-state index in [2.05, 4.69) is 25.6 Å². The molecule has 2 rings (SSSR count). The van der Waals surface area contributed by atoms with E-state index in [9.17, 15) is 8.42 Å². The number of nitrogens with zero attached hydrogens (tertiary/aromatic N) is 1. The van der Waals surface area contributed by atoms with Gasteiger partial charge in [0.2, 0.25) is 10.0 Å². The third kappa shape index (κ3) is 4.56. The van der Waals surface area contributed by atoms with Crippen molar-refractivity contribution in [3.05, 3.63) is 26.7 Å². The first kappa shape index (κ1) is 18.4. The minimum absolute atomic E-state index is 0.0617. The zero-order valence-corrected chi connectivity index (χ0v) is 15.9. The van der Waals surface area contributed by atoms with Gasteiger partial charge in [-0.3, -0.25) is 4.90 Å². The first-order valence-electron chi connectivity index (χ1n) is 6.77. The highest BCUT2D eigenvalue weighted by atomic mass is 79.9. The molecule has 0 spiro atoms. The van der Waals surface area contributed by atoms with Crippen LogP contribution in [0.2, 0.25) is 10.0 Å². The number of sulfonamides is 1. The number of rotatable bonds is 5. The van der Waals surface area contributed by atoms with Gasteiger partial charge >= 0.3 is 0 Å². The number of nitrogens with one attached hydrogen (secondary N) is 1. The van der Waals surface area contributed by atoms with Gasteiger partial charge in [0.05, 0.1) is 23.3 Å². The normalized spacial score (nSPS) is 18.4. The first-order valence-corrected chi connectivity index (χ1v) is 9.80. The van der Waals surface area contributed by atoms with Crippen molar-refractivity contribution in [3.63, 3.8) is 0 Å². The Morgan fingerprint density at radius 2 is 1.86 bits per heavy atom.